The number of carbonyl (C=O) groups is 1. The summed E-state index contributed by atoms with van der Waals surface area (Å²) in [6.07, 6.45) is 2.26. The molecule has 0 bridgehead atoms. The number of thiophene rings is 1. The lowest BCUT2D eigenvalue weighted by molar-refractivity contribution is 0.103. The summed E-state index contributed by atoms with van der Waals surface area (Å²) in [6, 6.07) is 22.3. The van der Waals surface area contributed by atoms with Gasteiger partial charge in [0.1, 0.15) is 5.75 Å². The number of benzene rings is 3. The van der Waals surface area contributed by atoms with Gasteiger partial charge in [-0.2, -0.15) is 0 Å². The normalized spacial score (nSPS) is 11.1. The van der Waals surface area contributed by atoms with E-state index in [2.05, 4.69) is 26.2 Å². The molecule has 1 aromatic heterocycles. The zero-order chi connectivity index (χ0) is 22.5. The van der Waals surface area contributed by atoms with Gasteiger partial charge in [0.05, 0.1) is 15.0 Å². The first kappa shape index (κ1) is 22.3. The molecule has 1 amide bonds. The van der Waals surface area contributed by atoms with Crippen LogP contribution in [0.5, 0.6) is 5.75 Å². The number of amides is 1. The summed E-state index contributed by atoms with van der Waals surface area (Å²) in [7, 11) is 0. The van der Waals surface area contributed by atoms with E-state index in [0.717, 1.165) is 11.1 Å². The Labute approximate surface area is 203 Å². The number of aliphatic imine (C=N–C) groups is 1. The van der Waals surface area contributed by atoms with E-state index in [-0.39, 0.29) is 11.7 Å². The Balaban J connectivity index is 1.49. The molecule has 160 valence electrons. The van der Waals surface area contributed by atoms with E-state index in [1.165, 1.54) is 11.3 Å². The number of nitrogens with one attached hydrogen (secondary N) is 1. The molecule has 4 aromatic rings. The predicted octanol–water partition coefficient (Wildman–Crippen LogP) is 7.46. The van der Waals surface area contributed by atoms with Gasteiger partial charge < -0.3 is 10.4 Å². The van der Waals surface area contributed by atoms with Crippen molar-refractivity contribution in [3.63, 3.8) is 0 Å². The Morgan fingerprint density at radius 1 is 1.09 bits per heavy atom. The second kappa shape index (κ2) is 10.1. The van der Waals surface area contributed by atoms with Crippen molar-refractivity contribution in [1.29, 1.82) is 0 Å². The predicted molar refractivity (Wildman–Crippen MR) is 136 cm³/mol. The lowest BCUT2D eigenvalue weighted by Gasteiger charge is -2.09. The molecule has 4 nitrogen and oxygen atoms in total. The molecular formula is C25H18BrClN2O2S. The van der Waals surface area contributed by atoms with Gasteiger partial charge in [0.15, 0.2) is 0 Å². The Morgan fingerprint density at radius 2 is 1.88 bits per heavy atom. The molecule has 4 rings (SSSR count). The largest absolute Gasteiger partial charge is 0.506 e. The van der Waals surface area contributed by atoms with Crippen LogP contribution >= 0.6 is 38.9 Å². The van der Waals surface area contributed by atoms with Crippen LogP contribution in [0.1, 0.15) is 26.4 Å². The van der Waals surface area contributed by atoms with Gasteiger partial charge in [0.25, 0.3) is 5.91 Å². The standard InChI is InChI=1S/C25H18BrClN2O2S/c26-21-14-16(12-17-4-1-2-5-22(17)27)13-18(24(21)30)15-28-19-7-9-20(10-8-19)29-25(31)23-6-3-11-32-23/h1-11,13-15,30H,12H2,(H,29,31). The fourth-order valence-corrected chi connectivity index (χ4v) is 4.46. The van der Waals surface area contributed by atoms with E-state index < -0.39 is 0 Å². The Hall–Kier alpha value is -2.93. The number of rotatable bonds is 6. The van der Waals surface area contributed by atoms with Gasteiger partial charge in [-0.15, -0.1) is 11.3 Å². The van der Waals surface area contributed by atoms with Crippen molar-refractivity contribution in [2.45, 2.75) is 6.42 Å². The molecule has 0 spiro atoms. The van der Waals surface area contributed by atoms with Crippen LogP contribution in [0.2, 0.25) is 5.02 Å². The number of phenols is 1. The molecule has 0 aliphatic rings. The minimum Gasteiger partial charge on any atom is -0.506 e. The highest BCUT2D eigenvalue weighted by molar-refractivity contribution is 9.10. The van der Waals surface area contributed by atoms with Gasteiger partial charge in [-0.25, -0.2) is 0 Å². The van der Waals surface area contributed by atoms with Gasteiger partial charge in [-0.3, -0.25) is 9.79 Å². The highest BCUT2D eigenvalue weighted by Crippen LogP contribution is 2.31. The van der Waals surface area contributed by atoms with Gasteiger partial charge in [0.2, 0.25) is 0 Å². The monoisotopic (exact) mass is 524 g/mol. The van der Waals surface area contributed by atoms with Crippen molar-refractivity contribution >= 4 is 62.4 Å². The molecule has 0 saturated heterocycles. The van der Waals surface area contributed by atoms with Crippen LogP contribution in [-0.4, -0.2) is 17.2 Å². The lowest BCUT2D eigenvalue weighted by atomic mass is 10.0. The topological polar surface area (TPSA) is 61.7 Å². The van der Waals surface area contributed by atoms with Gasteiger partial charge >= 0.3 is 0 Å². The highest BCUT2D eigenvalue weighted by atomic mass is 79.9. The molecule has 0 radical (unpaired) electrons. The van der Waals surface area contributed by atoms with E-state index in [4.69, 9.17) is 11.6 Å². The Bertz CT molecular complexity index is 1270. The Kier molecular flexibility index (Phi) is 7.05. The molecule has 1 heterocycles. The number of phenolic OH excluding ortho intramolecular Hbond substituents is 1. The van der Waals surface area contributed by atoms with Gasteiger partial charge in [-0.05, 0) is 87.4 Å². The summed E-state index contributed by atoms with van der Waals surface area (Å²) in [6.45, 7) is 0. The molecule has 0 aliphatic heterocycles. The first-order chi connectivity index (χ1) is 15.5. The molecule has 0 saturated carbocycles. The molecule has 32 heavy (non-hydrogen) atoms. The van der Waals surface area contributed by atoms with E-state index in [0.29, 0.717) is 37.7 Å². The molecule has 2 N–H and O–H groups in total. The third kappa shape index (κ3) is 5.46. The quantitative estimate of drug-likeness (QED) is 0.257. The number of carbonyl (C=O) groups excluding carboxylic acids is 1. The van der Waals surface area contributed by atoms with E-state index in [1.807, 2.05) is 47.8 Å². The third-order valence-corrected chi connectivity index (χ3v) is 6.57. The van der Waals surface area contributed by atoms with Crippen LogP contribution in [-0.2, 0) is 6.42 Å². The van der Waals surface area contributed by atoms with Crippen LogP contribution in [0.4, 0.5) is 11.4 Å². The van der Waals surface area contributed by atoms with Crippen molar-refractivity contribution in [2.24, 2.45) is 4.99 Å². The first-order valence-corrected chi connectivity index (χ1v) is 11.8. The van der Waals surface area contributed by atoms with E-state index >= 15 is 0 Å². The van der Waals surface area contributed by atoms with E-state index in [1.54, 1.807) is 36.5 Å². The maximum Gasteiger partial charge on any atom is 0.265 e. The van der Waals surface area contributed by atoms with Gasteiger partial charge in [-0.1, -0.05) is 35.9 Å². The van der Waals surface area contributed by atoms with Gasteiger partial charge in [0, 0.05) is 22.5 Å². The van der Waals surface area contributed by atoms with Crippen LogP contribution in [0.25, 0.3) is 0 Å². The minimum atomic E-state index is -0.138. The minimum absolute atomic E-state index is 0.122. The maximum atomic E-state index is 12.2. The number of anilines is 1. The molecule has 0 fully saturated rings. The number of hydrogen-bond acceptors (Lipinski definition) is 4. The second-order valence-electron chi connectivity index (χ2n) is 7.02. The number of hydrogen-bond donors (Lipinski definition) is 2. The van der Waals surface area contributed by atoms with Crippen LogP contribution in [0.15, 0.2) is 87.6 Å². The molecule has 0 aliphatic carbocycles. The number of aromatic hydroxyl groups is 1. The smallest absolute Gasteiger partial charge is 0.265 e. The molecule has 3 aromatic carbocycles. The fraction of sp³-hybridized carbons (Fsp3) is 0.0400. The van der Waals surface area contributed by atoms with Crippen molar-refractivity contribution < 1.29 is 9.90 Å². The van der Waals surface area contributed by atoms with E-state index in [9.17, 15) is 9.90 Å². The van der Waals surface area contributed by atoms with Crippen molar-refractivity contribution in [2.75, 3.05) is 5.32 Å². The average Bonchev–Trinajstić information content (AvgIpc) is 3.33. The maximum absolute atomic E-state index is 12.2. The van der Waals surface area contributed by atoms with Crippen molar-refractivity contribution in [3.05, 3.63) is 109 Å². The van der Waals surface area contributed by atoms with Crippen LogP contribution in [0, 0.1) is 0 Å². The highest BCUT2D eigenvalue weighted by Gasteiger charge is 2.09. The zero-order valence-corrected chi connectivity index (χ0v) is 19.9. The molecule has 0 unspecified atom stereocenters. The SMILES string of the molecule is O=C(Nc1ccc(N=Cc2cc(Cc3ccccc3Cl)cc(Br)c2O)cc1)c1cccs1. The summed E-state index contributed by atoms with van der Waals surface area (Å²) in [5.74, 6) is -0.0159. The summed E-state index contributed by atoms with van der Waals surface area (Å²) >= 11 is 11.1. The van der Waals surface area contributed by atoms with Crippen LogP contribution in [0.3, 0.4) is 0 Å². The fourth-order valence-electron chi connectivity index (χ4n) is 3.12. The van der Waals surface area contributed by atoms with Crippen molar-refractivity contribution in [3.8, 4) is 5.75 Å². The number of halogens is 2. The summed E-state index contributed by atoms with van der Waals surface area (Å²) in [5.41, 5.74) is 3.99. The second-order valence-corrected chi connectivity index (χ2v) is 9.23. The van der Waals surface area contributed by atoms with Crippen molar-refractivity contribution in [1.82, 2.24) is 0 Å². The molecule has 7 heteroatoms. The lowest BCUT2D eigenvalue weighted by Crippen LogP contribution is -2.09. The Morgan fingerprint density at radius 3 is 2.59 bits per heavy atom. The first-order valence-electron chi connectivity index (χ1n) is 9.73. The number of nitrogens with zero attached hydrogens (tertiary/aromatic N) is 1. The summed E-state index contributed by atoms with van der Waals surface area (Å²) in [5, 5.41) is 15.9. The molecule has 0 atom stereocenters. The zero-order valence-electron chi connectivity index (χ0n) is 16.8. The summed E-state index contributed by atoms with van der Waals surface area (Å²) in [4.78, 5) is 17.3. The third-order valence-electron chi connectivity index (χ3n) is 4.73. The molecular weight excluding hydrogens is 508 g/mol. The summed E-state index contributed by atoms with van der Waals surface area (Å²) < 4.78 is 0.593. The van der Waals surface area contributed by atoms with Crippen LogP contribution < -0.4 is 5.32 Å². The average molecular weight is 526 g/mol.